The molecule has 0 unspecified atom stereocenters. The second kappa shape index (κ2) is 8.87. The number of nitrogens with zero attached hydrogens (tertiary/aromatic N) is 1. The second-order valence-electron chi connectivity index (χ2n) is 8.52. The minimum Gasteiger partial charge on any atom is -0.497 e. The van der Waals surface area contributed by atoms with E-state index < -0.39 is 5.54 Å². The van der Waals surface area contributed by atoms with E-state index in [0.29, 0.717) is 25.1 Å². The SMILES string of the molecule is COc1ccc(CNC(=O)[C@]2(C)Cc3ccccc3C(=O)N2Cc2cccc(C)c2)cc1. The van der Waals surface area contributed by atoms with Crippen molar-refractivity contribution in [1.82, 2.24) is 10.2 Å². The molecule has 3 aromatic carbocycles. The van der Waals surface area contributed by atoms with Crippen molar-refractivity contribution in [2.75, 3.05) is 7.11 Å². The van der Waals surface area contributed by atoms with Crippen molar-refractivity contribution in [3.63, 3.8) is 0 Å². The molecular weight excluding hydrogens is 400 g/mol. The lowest BCUT2D eigenvalue weighted by molar-refractivity contribution is -0.132. The minimum absolute atomic E-state index is 0.115. The fourth-order valence-corrected chi connectivity index (χ4v) is 4.28. The molecular formula is C27H28N2O3. The van der Waals surface area contributed by atoms with Gasteiger partial charge in [-0.3, -0.25) is 9.59 Å². The van der Waals surface area contributed by atoms with E-state index >= 15 is 0 Å². The molecule has 1 heterocycles. The molecule has 1 aliphatic heterocycles. The van der Waals surface area contributed by atoms with Gasteiger partial charge < -0.3 is 15.0 Å². The van der Waals surface area contributed by atoms with E-state index in [-0.39, 0.29) is 11.8 Å². The lowest BCUT2D eigenvalue weighted by Gasteiger charge is -2.44. The van der Waals surface area contributed by atoms with Gasteiger partial charge >= 0.3 is 0 Å². The quantitative estimate of drug-likeness (QED) is 0.638. The van der Waals surface area contributed by atoms with Crippen molar-refractivity contribution in [3.05, 3.63) is 101 Å². The Morgan fingerprint density at radius 3 is 2.50 bits per heavy atom. The molecule has 0 bridgehead atoms. The topological polar surface area (TPSA) is 58.6 Å². The number of nitrogens with one attached hydrogen (secondary N) is 1. The van der Waals surface area contributed by atoms with Crippen LogP contribution in [0.3, 0.4) is 0 Å². The van der Waals surface area contributed by atoms with Crippen LogP contribution in [0.25, 0.3) is 0 Å². The molecule has 1 atom stereocenters. The summed E-state index contributed by atoms with van der Waals surface area (Å²) in [6.07, 6.45) is 0.467. The molecule has 0 fully saturated rings. The second-order valence-corrected chi connectivity index (χ2v) is 8.52. The first-order valence-electron chi connectivity index (χ1n) is 10.8. The average molecular weight is 429 g/mol. The lowest BCUT2D eigenvalue weighted by Crippen LogP contribution is -2.62. The van der Waals surface area contributed by atoms with Gasteiger partial charge in [-0.15, -0.1) is 0 Å². The summed E-state index contributed by atoms with van der Waals surface area (Å²) in [6, 6.07) is 23.2. The van der Waals surface area contributed by atoms with Gasteiger partial charge in [0.05, 0.1) is 7.11 Å². The van der Waals surface area contributed by atoms with E-state index in [0.717, 1.165) is 28.0 Å². The molecule has 5 heteroatoms. The molecule has 1 aliphatic rings. The van der Waals surface area contributed by atoms with Crippen LogP contribution in [0.2, 0.25) is 0 Å². The molecule has 0 aromatic heterocycles. The highest BCUT2D eigenvalue weighted by molar-refractivity contribution is 6.02. The largest absolute Gasteiger partial charge is 0.497 e. The van der Waals surface area contributed by atoms with E-state index in [1.54, 1.807) is 12.0 Å². The molecule has 1 N–H and O–H groups in total. The Hall–Kier alpha value is -3.60. The molecule has 0 aliphatic carbocycles. The zero-order valence-electron chi connectivity index (χ0n) is 18.7. The van der Waals surface area contributed by atoms with E-state index in [1.165, 1.54) is 0 Å². The van der Waals surface area contributed by atoms with Crippen LogP contribution in [0.1, 0.15) is 39.5 Å². The van der Waals surface area contributed by atoms with Gasteiger partial charge in [0.25, 0.3) is 5.91 Å². The summed E-state index contributed by atoms with van der Waals surface area (Å²) in [5.41, 5.74) is 3.67. The van der Waals surface area contributed by atoms with Crippen molar-refractivity contribution in [1.29, 1.82) is 0 Å². The number of ether oxygens (including phenoxy) is 1. The third-order valence-electron chi connectivity index (χ3n) is 6.15. The van der Waals surface area contributed by atoms with E-state index in [1.807, 2.05) is 80.6 Å². The van der Waals surface area contributed by atoms with Gasteiger partial charge in [0.2, 0.25) is 5.91 Å². The number of amides is 2. The number of rotatable bonds is 6. The number of carbonyl (C=O) groups is 2. The summed E-state index contributed by atoms with van der Waals surface area (Å²) >= 11 is 0. The Kier molecular flexibility index (Phi) is 5.99. The summed E-state index contributed by atoms with van der Waals surface area (Å²) in [7, 11) is 1.62. The zero-order valence-corrected chi connectivity index (χ0v) is 18.7. The van der Waals surface area contributed by atoms with Crippen LogP contribution in [0.4, 0.5) is 0 Å². The van der Waals surface area contributed by atoms with Gasteiger partial charge in [-0.25, -0.2) is 0 Å². The first-order chi connectivity index (χ1) is 15.4. The summed E-state index contributed by atoms with van der Waals surface area (Å²) < 4.78 is 5.20. The maximum absolute atomic E-state index is 13.5. The molecule has 32 heavy (non-hydrogen) atoms. The highest BCUT2D eigenvalue weighted by Gasteiger charge is 2.46. The number of hydrogen-bond acceptors (Lipinski definition) is 3. The van der Waals surface area contributed by atoms with Crippen LogP contribution >= 0.6 is 0 Å². The number of carbonyl (C=O) groups excluding carboxylic acids is 2. The fraction of sp³-hybridized carbons (Fsp3) is 0.259. The minimum atomic E-state index is -0.998. The van der Waals surface area contributed by atoms with Crippen LogP contribution in [-0.4, -0.2) is 29.4 Å². The fourth-order valence-electron chi connectivity index (χ4n) is 4.28. The molecule has 0 radical (unpaired) electrons. The predicted octanol–water partition coefficient (Wildman–Crippen LogP) is 4.28. The summed E-state index contributed by atoms with van der Waals surface area (Å²) in [6.45, 7) is 4.64. The van der Waals surface area contributed by atoms with Gasteiger partial charge in [0.15, 0.2) is 0 Å². The Balaban J connectivity index is 1.62. The number of fused-ring (bicyclic) bond motifs is 1. The van der Waals surface area contributed by atoms with E-state index in [2.05, 4.69) is 11.4 Å². The highest BCUT2D eigenvalue weighted by Crippen LogP contribution is 2.33. The molecule has 0 saturated carbocycles. The van der Waals surface area contributed by atoms with Crippen molar-refractivity contribution in [2.24, 2.45) is 0 Å². The summed E-state index contributed by atoms with van der Waals surface area (Å²) in [5.74, 6) is 0.491. The molecule has 0 spiro atoms. The summed E-state index contributed by atoms with van der Waals surface area (Å²) in [5, 5.41) is 3.05. The van der Waals surface area contributed by atoms with Crippen LogP contribution in [-0.2, 0) is 24.3 Å². The zero-order chi connectivity index (χ0) is 22.7. The van der Waals surface area contributed by atoms with Gasteiger partial charge in [0, 0.05) is 25.1 Å². The number of benzene rings is 3. The Labute approximate surface area is 189 Å². The van der Waals surface area contributed by atoms with Crippen LogP contribution in [0.15, 0.2) is 72.8 Å². The Morgan fingerprint density at radius 2 is 1.78 bits per heavy atom. The van der Waals surface area contributed by atoms with Gasteiger partial charge in [-0.2, -0.15) is 0 Å². The van der Waals surface area contributed by atoms with Crippen molar-refractivity contribution in [2.45, 2.75) is 38.9 Å². The molecule has 164 valence electrons. The average Bonchev–Trinajstić information content (AvgIpc) is 2.80. The molecule has 4 rings (SSSR count). The first-order valence-corrected chi connectivity index (χ1v) is 10.8. The maximum atomic E-state index is 13.5. The van der Waals surface area contributed by atoms with Gasteiger partial charge in [0.1, 0.15) is 11.3 Å². The normalized spacial score (nSPS) is 17.6. The molecule has 5 nitrogen and oxygen atoms in total. The van der Waals surface area contributed by atoms with Crippen LogP contribution in [0.5, 0.6) is 5.75 Å². The third-order valence-corrected chi connectivity index (χ3v) is 6.15. The lowest BCUT2D eigenvalue weighted by atomic mass is 9.82. The smallest absolute Gasteiger partial charge is 0.255 e. The van der Waals surface area contributed by atoms with E-state index in [4.69, 9.17) is 4.74 Å². The van der Waals surface area contributed by atoms with E-state index in [9.17, 15) is 9.59 Å². The summed E-state index contributed by atoms with van der Waals surface area (Å²) in [4.78, 5) is 28.7. The van der Waals surface area contributed by atoms with Crippen molar-refractivity contribution >= 4 is 11.8 Å². The van der Waals surface area contributed by atoms with Crippen molar-refractivity contribution < 1.29 is 14.3 Å². The Bertz CT molecular complexity index is 1140. The third kappa shape index (κ3) is 4.24. The molecule has 3 aromatic rings. The van der Waals surface area contributed by atoms with Crippen molar-refractivity contribution in [3.8, 4) is 5.75 Å². The van der Waals surface area contributed by atoms with Gasteiger partial charge in [-0.05, 0) is 48.7 Å². The first kappa shape index (κ1) is 21.6. The van der Waals surface area contributed by atoms with Crippen LogP contribution in [0, 0.1) is 6.92 Å². The monoisotopic (exact) mass is 428 g/mol. The number of aryl methyl sites for hydroxylation is 1. The molecule has 2 amide bonds. The van der Waals surface area contributed by atoms with Gasteiger partial charge in [-0.1, -0.05) is 60.2 Å². The Morgan fingerprint density at radius 1 is 1.03 bits per heavy atom. The molecule has 0 saturated heterocycles. The van der Waals surface area contributed by atoms with Crippen LogP contribution < -0.4 is 10.1 Å². The number of hydrogen-bond donors (Lipinski definition) is 1. The standard InChI is InChI=1S/C27H28N2O3/c1-19-7-6-8-21(15-19)18-29-25(30)24-10-5-4-9-22(24)16-27(29,2)26(31)28-17-20-11-13-23(32-3)14-12-20/h4-15H,16-18H2,1-3H3,(H,28,31)/t27-/m0/s1. The maximum Gasteiger partial charge on any atom is 0.255 e. The number of methoxy groups -OCH3 is 1. The predicted molar refractivity (Wildman–Crippen MR) is 124 cm³/mol. The highest BCUT2D eigenvalue weighted by atomic mass is 16.5.